The van der Waals surface area contributed by atoms with Crippen molar-refractivity contribution in [1.82, 2.24) is 34.9 Å². The van der Waals surface area contributed by atoms with E-state index < -0.39 is 0 Å². The van der Waals surface area contributed by atoms with Gasteiger partial charge in [0.2, 0.25) is 17.7 Å². The number of aromatic nitrogens is 4. The number of carbonyl (C=O) groups excluding carboxylic acids is 3. The number of likely N-dealkylation sites (tertiary alicyclic amines) is 1. The number of ether oxygens (including phenoxy) is 5. The highest BCUT2D eigenvalue weighted by molar-refractivity contribution is 7.99. The highest BCUT2D eigenvalue weighted by Gasteiger charge is 2.35. The number of benzene rings is 3. The molecule has 3 amide bonds. The van der Waals surface area contributed by atoms with Gasteiger partial charge in [0.1, 0.15) is 35.9 Å². The summed E-state index contributed by atoms with van der Waals surface area (Å²) in [5, 5.41) is 8.18. The van der Waals surface area contributed by atoms with Crippen molar-refractivity contribution in [2.24, 2.45) is 0 Å². The molecule has 2 aromatic heterocycles. The monoisotopic (exact) mass is 864 g/mol. The number of piperidine rings is 2. The first-order valence-corrected chi connectivity index (χ1v) is 22.1. The molecule has 5 heterocycles. The number of nitrogens with zero attached hydrogens (tertiary/aromatic N) is 6. The molecule has 0 saturated carbocycles. The largest absolute Gasteiger partial charge is 0.457 e. The van der Waals surface area contributed by atoms with Gasteiger partial charge in [-0.1, -0.05) is 30.3 Å². The van der Waals surface area contributed by atoms with E-state index in [-0.39, 0.29) is 36.4 Å². The molecule has 62 heavy (non-hydrogen) atoms. The molecule has 2 fully saturated rings. The van der Waals surface area contributed by atoms with Gasteiger partial charge in [-0.05, 0) is 72.9 Å². The van der Waals surface area contributed by atoms with Gasteiger partial charge in [-0.2, -0.15) is 5.10 Å². The van der Waals surface area contributed by atoms with Crippen LogP contribution in [0.2, 0.25) is 0 Å². The van der Waals surface area contributed by atoms with E-state index in [1.807, 2.05) is 64.2 Å². The maximum atomic E-state index is 13.0. The fraction of sp³-hybridized carbons (Fsp3) is 0.422. The predicted molar refractivity (Wildman–Crippen MR) is 232 cm³/mol. The van der Waals surface area contributed by atoms with Crippen molar-refractivity contribution in [2.75, 3.05) is 77.4 Å². The molecule has 326 valence electrons. The maximum Gasteiger partial charge on any atom is 0.248 e. The number of nitrogens with one attached hydrogen (secondary N) is 1. The van der Waals surface area contributed by atoms with Crippen LogP contribution in [0.25, 0.3) is 22.3 Å². The molecule has 2 saturated heterocycles. The Labute approximate surface area is 364 Å². The van der Waals surface area contributed by atoms with Crippen LogP contribution >= 0.6 is 11.8 Å². The number of amides is 3. The first-order valence-electron chi connectivity index (χ1n) is 21.1. The maximum absolute atomic E-state index is 13.0. The van der Waals surface area contributed by atoms with Crippen molar-refractivity contribution < 1.29 is 38.1 Å². The first kappa shape index (κ1) is 43.2. The number of para-hydroxylation sites is 1. The van der Waals surface area contributed by atoms with E-state index in [4.69, 9.17) is 34.5 Å². The first-order chi connectivity index (χ1) is 30.4. The molecule has 8 rings (SSSR count). The lowest BCUT2D eigenvalue weighted by Gasteiger charge is -2.32. The number of anilines is 1. The molecule has 0 spiro atoms. The smallest absolute Gasteiger partial charge is 0.248 e. The second kappa shape index (κ2) is 21.1. The van der Waals surface area contributed by atoms with Crippen LogP contribution in [0, 0.1) is 0 Å². The highest BCUT2D eigenvalue weighted by atomic mass is 32.2. The summed E-state index contributed by atoms with van der Waals surface area (Å²) in [7, 11) is 0. The summed E-state index contributed by atoms with van der Waals surface area (Å²) in [4.78, 5) is 50.9. The van der Waals surface area contributed by atoms with Crippen molar-refractivity contribution in [3.8, 4) is 22.8 Å². The number of nitrogens with two attached hydrogens (primary N) is 1. The molecule has 3 aromatic carbocycles. The van der Waals surface area contributed by atoms with Crippen LogP contribution in [0.1, 0.15) is 42.9 Å². The standard InChI is InChI=1S/C45H52N8O8S/c46-43-41-42(31-9-11-35(12-10-31)61-34-6-2-1-3-7-34)50-53(44(41)48-30-47-43)33-15-17-51(18-16-33)40(55)29-60-24-23-58-20-19-57-21-22-59-25-26-62-38-8-4-5-32-27-52(28-36(32)38)37-13-14-39(54)49-45(37)56/h1-12,30,33,37H,13-29H2,(H2,46,47,48)(H,49,54,56). The summed E-state index contributed by atoms with van der Waals surface area (Å²) in [6.07, 6.45) is 3.84. The van der Waals surface area contributed by atoms with Gasteiger partial charge in [-0.25, -0.2) is 14.6 Å². The average molecular weight is 865 g/mol. The van der Waals surface area contributed by atoms with Crippen molar-refractivity contribution >= 4 is 46.3 Å². The number of nitrogen functional groups attached to an aromatic ring is 1. The number of fused-ring (bicyclic) bond motifs is 2. The predicted octanol–water partition coefficient (Wildman–Crippen LogP) is 5.01. The van der Waals surface area contributed by atoms with Gasteiger partial charge in [0.05, 0.1) is 63.7 Å². The second-order valence-corrected chi connectivity index (χ2v) is 16.4. The molecule has 3 aliphatic rings. The third kappa shape index (κ3) is 10.8. The fourth-order valence-corrected chi connectivity index (χ4v) is 9.01. The summed E-state index contributed by atoms with van der Waals surface area (Å²) < 4.78 is 30.6. The third-order valence-corrected chi connectivity index (χ3v) is 12.3. The number of hydrogen-bond acceptors (Lipinski definition) is 14. The molecule has 0 aliphatic carbocycles. The summed E-state index contributed by atoms with van der Waals surface area (Å²) in [6.45, 7) is 5.66. The van der Waals surface area contributed by atoms with E-state index in [1.54, 1.807) is 11.8 Å². The molecular formula is C45H52N8O8S. The van der Waals surface area contributed by atoms with E-state index in [0.29, 0.717) is 126 Å². The lowest BCUT2D eigenvalue weighted by Crippen LogP contribution is -2.50. The SMILES string of the molecule is Nc1ncnc2c1c(-c1ccc(Oc3ccccc3)cc1)nn2C1CCN(C(=O)COCCOCCOCCOCCSc2cccc3c2CN(C2CCC(=O)NC2=O)C3)CC1. The van der Waals surface area contributed by atoms with Gasteiger partial charge < -0.3 is 34.3 Å². The van der Waals surface area contributed by atoms with Gasteiger partial charge in [-0.3, -0.25) is 24.6 Å². The van der Waals surface area contributed by atoms with E-state index in [0.717, 1.165) is 17.1 Å². The van der Waals surface area contributed by atoms with Gasteiger partial charge in [-0.15, -0.1) is 11.8 Å². The molecule has 3 aliphatic heterocycles. The van der Waals surface area contributed by atoms with Gasteiger partial charge in [0, 0.05) is 48.8 Å². The summed E-state index contributed by atoms with van der Waals surface area (Å²) in [5.74, 6) is 2.21. The molecule has 17 heteroatoms. The topological polar surface area (TPSA) is 185 Å². The Hall–Kier alpha value is -5.43. The highest BCUT2D eigenvalue weighted by Crippen LogP contribution is 2.36. The zero-order valence-corrected chi connectivity index (χ0v) is 35.4. The zero-order chi connectivity index (χ0) is 42.7. The quantitative estimate of drug-likeness (QED) is 0.0605. The van der Waals surface area contributed by atoms with E-state index in [9.17, 15) is 14.4 Å². The lowest BCUT2D eigenvalue weighted by molar-refractivity contribution is -0.139. The number of thioether (sulfide) groups is 1. The van der Waals surface area contributed by atoms with Crippen LogP contribution in [0.15, 0.2) is 84.0 Å². The van der Waals surface area contributed by atoms with Crippen LogP contribution < -0.4 is 15.8 Å². The van der Waals surface area contributed by atoms with Crippen LogP contribution in [0.4, 0.5) is 5.82 Å². The minimum absolute atomic E-state index is 0.00368. The van der Waals surface area contributed by atoms with E-state index in [1.165, 1.54) is 22.3 Å². The Morgan fingerprint density at radius 1 is 0.790 bits per heavy atom. The van der Waals surface area contributed by atoms with E-state index in [2.05, 4.69) is 38.4 Å². The molecule has 16 nitrogen and oxygen atoms in total. The van der Waals surface area contributed by atoms with Crippen molar-refractivity contribution in [2.45, 2.75) is 55.8 Å². The third-order valence-electron chi connectivity index (χ3n) is 11.2. The molecule has 1 atom stereocenters. The number of hydrogen-bond donors (Lipinski definition) is 2. The molecule has 5 aromatic rings. The Balaban J connectivity index is 0.670. The molecular weight excluding hydrogens is 813 g/mol. The van der Waals surface area contributed by atoms with Crippen molar-refractivity contribution in [1.29, 1.82) is 0 Å². The molecule has 0 bridgehead atoms. The van der Waals surface area contributed by atoms with Gasteiger partial charge in [0.15, 0.2) is 5.65 Å². The van der Waals surface area contributed by atoms with Crippen LogP contribution in [-0.2, 0) is 46.4 Å². The van der Waals surface area contributed by atoms with Crippen molar-refractivity contribution in [3.63, 3.8) is 0 Å². The van der Waals surface area contributed by atoms with E-state index >= 15 is 0 Å². The Kier molecular flexibility index (Phi) is 14.7. The molecule has 1 unspecified atom stereocenters. The van der Waals surface area contributed by atoms with Crippen molar-refractivity contribution in [3.05, 3.63) is 90.3 Å². The Morgan fingerprint density at radius 3 is 2.24 bits per heavy atom. The zero-order valence-electron chi connectivity index (χ0n) is 34.6. The second-order valence-electron chi connectivity index (χ2n) is 15.3. The number of imide groups is 1. The molecule has 0 radical (unpaired) electrons. The fourth-order valence-electron chi connectivity index (χ4n) is 8.04. The van der Waals surface area contributed by atoms with Crippen LogP contribution in [0.5, 0.6) is 11.5 Å². The Bertz CT molecular complexity index is 2300. The molecule has 3 N–H and O–H groups in total. The van der Waals surface area contributed by atoms with Crippen LogP contribution in [-0.4, -0.2) is 125 Å². The summed E-state index contributed by atoms with van der Waals surface area (Å²) >= 11 is 1.75. The minimum atomic E-state index is -0.263. The number of carbonyl (C=O) groups is 3. The normalized spacial score (nSPS) is 17.1. The Morgan fingerprint density at radius 2 is 1.50 bits per heavy atom. The summed E-state index contributed by atoms with van der Waals surface area (Å²) in [5.41, 5.74) is 11.1. The lowest BCUT2D eigenvalue weighted by atomic mass is 10.0. The number of rotatable bonds is 20. The van der Waals surface area contributed by atoms with Crippen LogP contribution in [0.3, 0.4) is 0 Å². The minimum Gasteiger partial charge on any atom is -0.457 e. The average Bonchev–Trinajstić information content (AvgIpc) is 3.91. The van der Waals surface area contributed by atoms with Gasteiger partial charge >= 0.3 is 0 Å². The summed E-state index contributed by atoms with van der Waals surface area (Å²) in [6, 6.07) is 23.4. The van der Waals surface area contributed by atoms with Gasteiger partial charge in [0.25, 0.3) is 0 Å².